The number of allylic oxidation sites excluding steroid dienone is 2. The molecule has 2 amide bonds. The summed E-state index contributed by atoms with van der Waals surface area (Å²) in [5, 5.41) is 54.5. The maximum atomic E-state index is 14.9. The van der Waals surface area contributed by atoms with Crippen LogP contribution in [0, 0.1) is 36.5 Å². The number of fused-ring (bicyclic) bond motifs is 13. The Kier molecular flexibility index (Phi) is 16.1. The van der Waals surface area contributed by atoms with Gasteiger partial charge in [0, 0.05) is 106 Å². The predicted octanol–water partition coefficient (Wildman–Crippen LogP) is 5.79. The van der Waals surface area contributed by atoms with Gasteiger partial charge in [-0.05, 0) is 51.6 Å². The molecule has 8 rings (SSSR count). The number of anilines is 1. The van der Waals surface area contributed by atoms with Crippen LogP contribution in [0.4, 0.5) is 10.5 Å². The Bertz CT molecular complexity index is 2530. The Labute approximate surface area is 411 Å². The molecule has 0 radical (unpaired) electrons. The van der Waals surface area contributed by atoms with Crippen molar-refractivity contribution in [2.45, 2.75) is 143 Å². The Morgan fingerprint density at radius 2 is 1.63 bits per heavy atom. The summed E-state index contributed by atoms with van der Waals surface area (Å²) in [6, 6.07) is -0.0880. The molecular weight excluding hydrogens is 897 g/mol. The lowest BCUT2D eigenvalue weighted by atomic mass is 9.78. The van der Waals surface area contributed by atoms with Gasteiger partial charge in [-0.1, -0.05) is 66.7 Å². The maximum Gasteiger partial charge on any atom is 0.407 e. The molecule has 1 spiro atoms. The molecule has 384 valence electrons. The van der Waals surface area contributed by atoms with Crippen LogP contribution >= 0.6 is 0 Å². The molecule has 2 aromatic carbocycles. The summed E-state index contributed by atoms with van der Waals surface area (Å²) >= 11 is 0. The molecule has 6 aliphatic heterocycles. The Hall–Kier alpha value is -5.07. The number of ether oxygens (including phenoxy) is 4. The van der Waals surface area contributed by atoms with Crippen LogP contribution in [0.2, 0.25) is 0 Å². The lowest BCUT2D eigenvalue weighted by Gasteiger charge is -2.38. The molecule has 6 N–H and O–H groups in total. The second kappa shape index (κ2) is 21.3. The summed E-state index contributed by atoms with van der Waals surface area (Å²) in [4.78, 5) is 57.0. The highest BCUT2D eigenvalue weighted by Crippen LogP contribution is 2.51. The third-order valence-corrected chi connectivity index (χ3v) is 15.3. The van der Waals surface area contributed by atoms with Gasteiger partial charge in [-0.3, -0.25) is 14.6 Å². The first kappa shape index (κ1) is 52.7. The third kappa shape index (κ3) is 10.5. The number of benzene rings is 2. The van der Waals surface area contributed by atoms with Crippen molar-refractivity contribution in [1.29, 1.82) is 0 Å². The van der Waals surface area contributed by atoms with Crippen molar-refractivity contribution in [3.63, 3.8) is 0 Å². The van der Waals surface area contributed by atoms with Crippen molar-refractivity contribution in [3.8, 4) is 17.2 Å². The summed E-state index contributed by atoms with van der Waals surface area (Å²) in [5.41, 5.74) is -0.119. The number of piperidine rings is 2. The Morgan fingerprint density at radius 3 is 2.27 bits per heavy atom. The molecule has 0 unspecified atom stereocenters. The fraction of sp³-hybridized carbons (Fsp3) is 0.642. The molecule has 2 aromatic rings. The molecule has 70 heavy (non-hydrogen) atoms. The molecule has 9 atom stereocenters. The number of carbonyl (C=O) groups is 3. The zero-order chi connectivity index (χ0) is 51.0. The van der Waals surface area contributed by atoms with E-state index >= 15 is 0 Å². The van der Waals surface area contributed by atoms with E-state index in [4.69, 9.17) is 23.9 Å². The monoisotopic (exact) mass is 973 g/mol. The average Bonchev–Trinajstić information content (AvgIpc) is 3.83. The van der Waals surface area contributed by atoms with Gasteiger partial charge in [-0.25, -0.2) is 9.79 Å². The number of aliphatic hydroxyl groups is 2. The van der Waals surface area contributed by atoms with Gasteiger partial charge >= 0.3 is 11.9 Å². The van der Waals surface area contributed by atoms with Crippen LogP contribution in [-0.2, 0) is 19.0 Å². The number of carbonyl (C=O) groups excluding carboxylic acids is 3. The number of aliphatic hydroxyl groups excluding tert-OH is 2. The minimum atomic E-state index is -1.97. The van der Waals surface area contributed by atoms with Crippen LogP contribution < -0.4 is 26.1 Å². The molecule has 17 heteroatoms. The van der Waals surface area contributed by atoms with Crippen molar-refractivity contribution >= 4 is 34.2 Å². The number of amides is 2. The van der Waals surface area contributed by atoms with Crippen LogP contribution in [0.1, 0.15) is 110 Å². The van der Waals surface area contributed by atoms with E-state index in [0.717, 1.165) is 58.5 Å². The molecule has 0 saturated carbocycles. The van der Waals surface area contributed by atoms with Gasteiger partial charge in [0.1, 0.15) is 34.0 Å². The maximum absolute atomic E-state index is 14.9. The highest BCUT2D eigenvalue weighted by Gasteiger charge is 2.51. The normalized spacial score (nSPS) is 31.8. The number of nitrogens with zero attached hydrogens (tertiary/aromatic N) is 4. The fourth-order valence-corrected chi connectivity index (χ4v) is 11.0. The number of phenolic OH excluding ortho intramolecular Hbond substituents is 2. The molecule has 0 aromatic heterocycles. The number of nitrogens with one attached hydrogen (secondary N) is 2. The number of ketones is 1. The van der Waals surface area contributed by atoms with E-state index in [2.05, 4.69) is 46.2 Å². The summed E-state index contributed by atoms with van der Waals surface area (Å²) in [6.07, 6.45) is 6.97. The summed E-state index contributed by atoms with van der Waals surface area (Å²) in [5.74, 6) is -6.17. The van der Waals surface area contributed by atoms with Crippen LogP contribution in [0.25, 0.3) is 10.8 Å². The Morgan fingerprint density at radius 1 is 0.943 bits per heavy atom. The first-order valence-corrected chi connectivity index (χ1v) is 25.2. The first-order valence-electron chi connectivity index (χ1n) is 25.2. The number of hydrogen-bond donors (Lipinski definition) is 6. The molecule has 5 bridgehead atoms. The largest absolute Gasteiger partial charge is 0.507 e. The van der Waals surface area contributed by atoms with Crippen molar-refractivity contribution in [1.82, 2.24) is 15.1 Å². The summed E-state index contributed by atoms with van der Waals surface area (Å²) in [7, 11) is 1.49. The number of phenols is 2. The topological polar surface area (TPSA) is 224 Å². The van der Waals surface area contributed by atoms with Crippen LogP contribution in [0.3, 0.4) is 0 Å². The molecule has 2 fully saturated rings. The second-order valence-electron chi connectivity index (χ2n) is 21.0. The number of alkyl carbamates (subject to hydrolysis) is 1. The fourth-order valence-electron chi connectivity index (χ4n) is 11.0. The van der Waals surface area contributed by atoms with Crippen molar-refractivity contribution in [2.24, 2.45) is 39.6 Å². The molecule has 2 saturated heterocycles. The number of aromatic hydroxyl groups is 2. The SMILES string of the molecule is CCCN1CCC(NC(=O)O[C@H]2[C@H](C)[C@H](O)[C@H](C)[C@@H](O)[C@@H](C)/C=C/C=C(/C)C(=O)N=c3c(O)c4c(O)c(C)c5c(c4c4c3=NC3(CCN(CC(C)C)CC3)N4)C(=O)[C@@](C)(O/C=C/[C@H](OC)[C@H]2C)O5)CC1. The molecular formula is C53H76N6O11. The van der Waals surface area contributed by atoms with Gasteiger partial charge in [-0.15, -0.1) is 0 Å². The highest BCUT2D eigenvalue weighted by atomic mass is 16.7. The van der Waals surface area contributed by atoms with E-state index in [-0.39, 0.29) is 55.7 Å². The first-order chi connectivity index (χ1) is 33.1. The van der Waals surface area contributed by atoms with Crippen molar-refractivity contribution in [2.75, 3.05) is 51.7 Å². The zero-order valence-corrected chi connectivity index (χ0v) is 42.9. The van der Waals surface area contributed by atoms with E-state index in [0.29, 0.717) is 24.4 Å². The van der Waals surface area contributed by atoms with Crippen molar-refractivity contribution in [3.05, 3.63) is 58.0 Å². The summed E-state index contributed by atoms with van der Waals surface area (Å²) in [6.45, 7) is 23.3. The van der Waals surface area contributed by atoms with Crippen LogP contribution in [-0.4, -0.2) is 136 Å². The smallest absolute Gasteiger partial charge is 0.407 e. The number of rotatable bonds is 7. The van der Waals surface area contributed by atoms with Gasteiger partial charge in [0.2, 0.25) is 0 Å². The second-order valence-corrected chi connectivity index (χ2v) is 21.0. The quantitative estimate of drug-likeness (QED) is 0.181. The van der Waals surface area contributed by atoms with Gasteiger partial charge < -0.3 is 59.8 Å². The molecule has 6 aliphatic rings. The number of Topliss-reactive ketones (excluding diaryl/α,β-unsaturated/α-hetero) is 1. The van der Waals surface area contributed by atoms with Gasteiger partial charge in [0.05, 0.1) is 41.2 Å². The number of methoxy groups -OCH3 is 1. The average molecular weight is 973 g/mol. The van der Waals surface area contributed by atoms with Gasteiger partial charge in [0.25, 0.3) is 11.7 Å². The lowest BCUT2D eigenvalue weighted by molar-refractivity contribution is -0.114. The van der Waals surface area contributed by atoms with E-state index in [1.807, 2.05) is 6.92 Å². The van der Waals surface area contributed by atoms with Crippen molar-refractivity contribution < 1.29 is 53.8 Å². The number of likely N-dealkylation sites (tertiary alicyclic amines) is 2. The molecule has 6 heterocycles. The van der Waals surface area contributed by atoms with Gasteiger partial charge in [-0.2, -0.15) is 0 Å². The Balaban J connectivity index is 1.31. The van der Waals surface area contributed by atoms with Crippen LogP contribution in [0.15, 0.2) is 46.1 Å². The predicted molar refractivity (Wildman–Crippen MR) is 265 cm³/mol. The highest BCUT2D eigenvalue weighted by molar-refractivity contribution is 6.21. The van der Waals surface area contributed by atoms with E-state index in [1.54, 1.807) is 58.9 Å². The number of hydrogen-bond acceptors (Lipinski definition) is 15. The lowest BCUT2D eigenvalue weighted by Crippen LogP contribution is -2.50. The molecule has 17 nitrogen and oxygen atoms in total. The standard InChI is InChI=1S/C53H76N6O11/c1-12-21-58-22-16-35(17-23-58)54-51(66)69-47-31(6)36(67-11)18-26-68-52(10)49(64)39-37-38(45(62)34(9)48(39)70-52)46(63)42(41-40(37)56-53(57-41)19-24-59(25-20-53)27-28(2)3)55-50(65)30(5)15-13-14-29(4)43(60)32(7)44(61)33(47)8/h13-15,18,26,28-29,31-33,35-36,43-44,47,56,60-63H,12,16-17,19-25,27H2,1-11H3,(H,54,66)/b14-13+,26-18+,30-15-,55-42?/t29-,31+,32+,33+,36-,43-,44+,47+,52-/m0/s1. The summed E-state index contributed by atoms with van der Waals surface area (Å²) < 4.78 is 24.8. The van der Waals surface area contributed by atoms with E-state index in [1.165, 1.54) is 20.3 Å². The minimum absolute atomic E-state index is 0.0544. The van der Waals surface area contributed by atoms with Crippen LogP contribution in [0.5, 0.6) is 17.2 Å². The van der Waals surface area contributed by atoms with E-state index < -0.39 is 83.1 Å². The third-order valence-electron chi connectivity index (χ3n) is 15.3. The van der Waals surface area contributed by atoms with E-state index in [9.17, 15) is 34.8 Å². The zero-order valence-electron chi connectivity index (χ0n) is 42.9. The minimum Gasteiger partial charge on any atom is -0.507 e. The van der Waals surface area contributed by atoms with Gasteiger partial charge in [0.15, 0.2) is 5.75 Å². The molecule has 0 aliphatic carbocycles.